The van der Waals surface area contributed by atoms with Crippen molar-refractivity contribution < 1.29 is 24.5 Å². The highest BCUT2D eigenvalue weighted by Gasteiger charge is 2.44. The van der Waals surface area contributed by atoms with Crippen molar-refractivity contribution in [2.24, 2.45) is 11.3 Å². The van der Waals surface area contributed by atoms with Gasteiger partial charge in [-0.2, -0.15) is 0 Å². The molecular weight excluding hydrogens is 464 g/mol. The van der Waals surface area contributed by atoms with Crippen molar-refractivity contribution in [3.05, 3.63) is 47.1 Å². The van der Waals surface area contributed by atoms with Crippen LogP contribution in [0.2, 0.25) is 0 Å². The minimum atomic E-state index is -1.63. The van der Waals surface area contributed by atoms with E-state index in [0.29, 0.717) is 11.5 Å². The minimum Gasteiger partial charge on any atom is -0.458 e. The lowest BCUT2D eigenvalue weighted by molar-refractivity contribution is -0.229. The van der Waals surface area contributed by atoms with Gasteiger partial charge >= 0.3 is 5.97 Å². The average Bonchev–Trinajstić information content (AvgIpc) is 3.19. The summed E-state index contributed by atoms with van der Waals surface area (Å²) in [7, 11) is 0. The topological polar surface area (TPSA) is 76.0 Å². The smallest absolute Gasteiger partial charge is 0.332 e. The van der Waals surface area contributed by atoms with Gasteiger partial charge in [0, 0.05) is 12.8 Å². The van der Waals surface area contributed by atoms with E-state index >= 15 is 0 Å². The second kappa shape index (κ2) is 11.6. The number of hydrogen-bond acceptors (Lipinski definition) is 5. The summed E-state index contributed by atoms with van der Waals surface area (Å²) in [5.41, 5.74) is 4.20. The lowest BCUT2D eigenvalue weighted by Crippen LogP contribution is -2.44. The lowest BCUT2D eigenvalue weighted by Gasteiger charge is -2.41. The summed E-state index contributed by atoms with van der Waals surface area (Å²) in [4.78, 5) is 12.7. The molecule has 0 aromatic carbocycles. The van der Waals surface area contributed by atoms with Crippen LogP contribution in [0.1, 0.15) is 111 Å². The Morgan fingerprint density at radius 1 is 1.11 bits per heavy atom. The average molecular weight is 513 g/mol. The van der Waals surface area contributed by atoms with Gasteiger partial charge in [-0.05, 0) is 87.2 Å². The van der Waals surface area contributed by atoms with Crippen molar-refractivity contribution in [3.8, 4) is 0 Å². The van der Waals surface area contributed by atoms with Gasteiger partial charge in [-0.15, -0.1) is 0 Å². The Kier molecular flexibility index (Phi) is 8.87. The van der Waals surface area contributed by atoms with Gasteiger partial charge in [-0.3, -0.25) is 0 Å². The molecule has 0 radical (unpaired) electrons. The van der Waals surface area contributed by atoms with E-state index in [-0.39, 0.29) is 24.9 Å². The number of esters is 1. The molecule has 0 aliphatic heterocycles. The van der Waals surface area contributed by atoms with E-state index in [9.17, 15) is 15.0 Å². The van der Waals surface area contributed by atoms with Crippen molar-refractivity contribution in [1.29, 1.82) is 0 Å². The summed E-state index contributed by atoms with van der Waals surface area (Å²) in [6.45, 7) is 10.4. The summed E-state index contributed by atoms with van der Waals surface area (Å²) in [5, 5.41) is 21.9. The molecule has 0 aromatic rings. The Labute approximate surface area is 223 Å². The first-order valence-electron chi connectivity index (χ1n) is 14.6. The third-order valence-corrected chi connectivity index (χ3v) is 9.62. The summed E-state index contributed by atoms with van der Waals surface area (Å²) >= 11 is 0. The van der Waals surface area contributed by atoms with Gasteiger partial charge in [0.1, 0.15) is 12.2 Å². The van der Waals surface area contributed by atoms with Crippen LogP contribution in [0.15, 0.2) is 47.1 Å². The Hall–Kier alpha value is -1.69. The number of carbonyl (C=O) groups is 1. The molecule has 1 unspecified atom stereocenters. The van der Waals surface area contributed by atoms with Crippen LogP contribution in [-0.4, -0.2) is 40.3 Å². The van der Waals surface area contributed by atoms with Crippen LogP contribution in [0.3, 0.4) is 0 Å². The van der Waals surface area contributed by atoms with Crippen molar-refractivity contribution >= 4 is 5.97 Å². The van der Waals surface area contributed by atoms with Gasteiger partial charge in [0.15, 0.2) is 5.79 Å². The summed E-state index contributed by atoms with van der Waals surface area (Å²) in [6, 6.07) is 0. The van der Waals surface area contributed by atoms with Crippen LogP contribution in [0.5, 0.6) is 0 Å². The van der Waals surface area contributed by atoms with E-state index in [4.69, 9.17) is 9.47 Å². The van der Waals surface area contributed by atoms with Crippen LogP contribution >= 0.6 is 0 Å². The molecule has 37 heavy (non-hydrogen) atoms. The number of rotatable bonds is 6. The zero-order valence-electron chi connectivity index (χ0n) is 23.3. The van der Waals surface area contributed by atoms with Gasteiger partial charge in [0.25, 0.3) is 0 Å². The van der Waals surface area contributed by atoms with Crippen molar-refractivity contribution in [3.63, 3.8) is 0 Å². The van der Waals surface area contributed by atoms with Crippen LogP contribution in [-0.2, 0) is 14.3 Å². The van der Waals surface area contributed by atoms with Gasteiger partial charge in [0.05, 0.1) is 6.10 Å². The third kappa shape index (κ3) is 6.49. The summed E-state index contributed by atoms with van der Waals surface area (Å²) in [5.74, 6) is -1.56. The molecule has 5 nitrogen and oxygen atoms in total. The molecule has 5 heteroatoms. The maximum absolute atomic E-state index is 12.7. The second-order valence-corrected chi connectivity index (χ2v) is 12.4. The highest BCUT2D eigenvalue weighted by atomic mass is 16.6. The molecule has 0 saturated heterocycles. The Morgan fingerprint density at radius 2 is 1.81 bits per heavy atom. The molecular formula is C32H48O5. The van der Waals surface area contributed by atoms with Gasteiger partial charge in [-0.1, -0.05) is 69.1 Å². The van der Waals surface area contributed by atoms with Gasteiger partial charge < -0.3 is 19.7 Å². The molecule has 0 heterocycles. The maximum atomic E-state index is 12.7. The van der Waals surface area contributed by atoms with Crippen LogP contribution in [0.4, 0.5) is 0 Å². The first kappa shape index (κ1) is 28.3. The number of aliphatic hydroxyl groups excluding tert-OH is 1. The van der Waals surface area contributed by atoms with Crippen LogP contribution < -0.4 is 0 Å². The SMILES string of the molecule is C=C1C(=CC=C2CCC[C@]3(C)C(CC)=CC[C@@H]23)C[C@](O)(OCC(=O)OC2(C)CCCCCCC2)CC1O. The molecule has 3 fully saturated rings. The second-order valence-electron chi connectivity index (χ2n) is 12.4. The van der Waals surface area contributed by atoms with E-state index in [1.807, 2.05) is 13.0 Å². The number of hydrogen-bond donors (Lipinski definition) is 2. The molecule has 3 saturated carbocycles. The molecule has 206 valence electrons. The number of fused-ring (bicyclic) bond motifs is 1. The highest BCUT2D eigenvalue weighted by Crippen LogP contribution is 2.55. The van der Waals surface area contributed by atoms with E-state index in [1.165, 1.54) is 37.7 Å². The number of aliphatic hydroxyl groups is 2. The normalized spacial score (nSPS) is 36.6. The predicted octanol–water partition coefficient (Wildman–Crippen LogP) is 6.85. The fourth-order valence-corrected chi connectivity index (χ4v) is 7.31. The summed E-state index contributed by atoms with van der Waals surface area (Å²) < 4.78 is 11.6. The molecule has 4 aliphatic carbocycles. The lowest BCUT2D eigenvalue weighted by atomic mass is 9.64. The number of allylic oxidation sites excluding steroid dienone is 5. The van der Waals surface area contributed by atoms with Gasteiger partial charge in [-0.25, -0.2) is 4.79 Å². The largest absolute Gasteiger partial charge is 0.458 e. The molecule has 0 spiro atoms. The molecule has 4 atom stereocenters. The zero-order chi connectivity index (χ0) is 26.7. The van der Waals surface area contributed by atoms with E-state index in [0.717, 1.165) is 50.5 Å². The summed E-state index contributed by atoms with van der Waals surface area (Å²) in [6.07, 6.45) is 19.0. The molecule has 4 rings (SSSR count). The number of carbonyl (C=O) groups excluding carboxylic acids is 1. The number of ether oxygens (including phenoxy) is 2. The molecule has 0 amide bonds. The fourth-order valence-electron chi connectivity index (χ4n) is 7.31. The standard InChI is InChI=1S/C32H48O5/c1-5-26-15-16-27-24(12-11-19-31(26,27)4)13-14-25-20-32(35,21-28(33)23(25)2)36-22-29(34)37-30(3)17-9-7-6-8-10-18-30/h13-15,27-28,33,35H,2,5-12,16-22H2,1,3-4H3/t27-,28?,31+,32-/m0/s1. The van der Waals surface area contributed by atoms with E-state index in [1.54, 1.807) is 5.57 Å². The third-order valence-electron chi connectivity index (χ3n) is 9.62. The maximum Gasteiger partial charge on any atom is 0.332 e. The molecule has 2 N–H and O–H groups in total. The Bertz CT molecular complexity index is 950. The predicted molar refractivity (Wildman–Crippen MR) is 147 cm³/mol. The zero-order valence-corrected chi connectivity index (χ0v) is 23.3. The molecule has 4 aliphatic rings. The highest BCUT2D eigenvalue weighted by molar-refractivity contribution is 5.71. The van der Waals surface area contributed by atoms with Crippen molar-refractivity contribution in [1.82, 2.24) is 0 Å². The fraction of sp³-hybridized carbons (Fsp3) is 0.719. The van der Waals surface area contributed by atoms with Crippen LogP contribution in [0.25, 0.3) is 0 Å². The molecule has 0 aromatic heterocycles. The monoisotopic (exact) mass is 512 g/mol. The minimum absolute atomic E-state index is 0.00519. The van der Waals surface area contributed by atoms with E-state index in [2.05, 4.69) is 32.6 Å². The van der Waals surface area contributed by atoms with Crippen LogP contribution in [0, 0.1) is 11.3 Å². The Morgan fingerprint density at radius 3 is 2.51 bits per heavy atom. The van der Waals surface area contributed by atoms with Crippen molar-refractivity contribution in [2.45, 2.75) is 128 Å². The van der Waals surface area contributed by atoms with Gasteiger partial charge in [0.2, 0.25) is 0 Å². The quantitative estimate of drug-likeness (QED) is 0.231. The van der Waals surface area contributed by atoms with Crippen molar-refractivity contribution in [2.75, 3.05) is 6.61 Å². The first-order chi connectivity index (χ1) is 17.6. The Balaban J connectivity index is 1.40. The first-order valence-corrected chi connectivity index (χ1v) is 14.6. The molecule has 0 bridgehead atoms. The van der Waals surface area contributed by atoms with E-state index < -0.39 is 23.5 Å².